The summed E-state index contributed by atoms with van der Waals surface area (Å²) in [5.41, 5.74) is 1.04. The molecule has 2 N–H and O–H groups in total. The average Bonchev–Trinajstić information content (AvgIpc) is 2.98. The highest BCUT2D eigenvalue weighted by molar-refractivity contribution is 7.10. The van der Waals surface area contributed by atoms with Crippen LogP contribution >= 0.6 is 11.3 Å². The summed E-state index contributed by atoms with van der Waals surface area (Å²) in [6.45, 7) is 1.79. The Balaban J connectivity index is 1.92. The maximum absolute atomic E-state index is 12.0. The van der Waals surface area contributed by atoms with Gasteiger partial charge in [-0.3, -0.25) is 9.59 Å². The predicted octanol–water partition coefficient (Wildman–Crippen LogP) is 2.77. The van der Waals surface area contributed by atoms with Gasteiger partial charge in [-0.05, 0) is 36.1 Å². The second kappa shape index (κ2) is 7.61. The molecular weight excluding hydrogens is 302 g/mol. The van der Waals surface area contributed by atoms with Crippen molar-refractivity contribution in [2.45, 2.75) is 19.4 Å². The van der Waals surface area contributed by atoms with E-state index in [1.807, 2.05) is 36.6 Å². The second-order valence-corrected chi connectivity index (χ2v) is 5.82. The topological polar surface area (TPSA) is 75.6 Å². The Hall–Kier alpha value is -2.34. The van der Waals surface area contributed by atoms with E-state index in [4.69, 9.17) is 9.84 Å². The number of carboxylic acids is 1. The van der Waals surface area contributed by atoms with Crippen molar-refractivity contribution in [3.63, 3.8) is 0 Å². The first-order valence-electron chi connectivity index (χ1n) is 6.78. The van der Waals surface area contributed by atoms with Crippen molar-refractivity contribution in [1.82, 2.24) is 5.32 Å². The standard InChI is InChI=1S/C16H17NO4S/c1-11-4-2-5-12(8-11)21-10-15(18)17-13(9-16(19)20)14-6-3-7-22-14/h2-8,13H,9-10H2,1H3,(H,17,18)(H,19,20). The molecule has 0 spiro atoms. The molecule has 1 unspecified atom stereocenters. The van der Waals surface area contributed by atoms with Gasteiger partial charge < -0.3 is 15.2 Å². The molecule has 0 fully saturated rings. The van der Waals surface area contributed by atoms with Gasteiger partial charge >= 0.3 is 5.97 Å². The normalized spacial score (nSPS) is 11.7. The van der Waals surface area contributed by atoms with Gasteiger partial charge in [0.15, 0.2) is 6.61 Å². The maximum Gasteiger partial charge on any atom is 0.305 e. The van der Waals surface area contributed by atoms with Gasteiger partial charge in [0.1, 0.15) is 5.75 Å². The molecule has 0 aliphatic rings. The summed E-state index contributed by atoms with van der Waals surface area (Å²) in [6, 6.07) is 10.5. The summed E-state index contributed by atoms with van der Waals surface area (Å²) >= 11 is 1.41. The fourth-order valence-electron chi connectivity index (χ4n) is 1.98. The largest absolute Gasteiger partial charge is 0.484 e. The first-order chi connectivity index (χ1) is 10.5. The number of rotatable bonds is 7. The molecule has 0 aliphatic carbocycles. The molecule has 2 rings (SSSR count). The van der Waals surface area contributed by atoms with E-state index in [1.165, 1.54) is 11.3 Å². The van der Waals surface area contributed by atoms with E-state index in [9.17, 15) is 9.59 Å². The second-order valence-electron chi connectivity index (χ2n) is 4.84. The van der Waals surface area contributed by atoms with Crippen LogP contribution in [0.2, 0.25) is 0 Å². The third kappa shape index (κ3) is 4.89. The van der Waals surface area contributed by atoms with E-state index in [0.29, 0.717) is 5.75 Å². The quantitative estimate of drug-likeness (QED) is 0.823. The van der Waals surface area contributed by atoms with Gasteiger partial charge in [-0.2, -0.15) is 0 Å². The molecular formula is C16H17NO4S. The van der Waals surface area contributed by atoms with Crippen LogP contribution in [0.1, 0.15) is 22.9 Å². The van der Waals surface area contributed by atoms with Crippen LogP contribution in [0.15, 0.2) is 41.8 Å². The zero-order chi connectivity index (χ0) is 15.9. The number of amides is 1. The molecule has 0 bridgehead atoms. The highest BCUT2D eigenvalue weighted by atomic mass is 32.1. The van der Waals surface area contributed by atoms with Gasteiger partial charge in [0.25, 0.3) is 5.91 Å². The third-order valence-corrected chi connectivity index (χ3v) is 3.95. The van der Waals surface area contributed by atoms with Crippen molar-refractivity contribution in [2.24, 2.45) is 0 Å². The Morgan fingerprint density at radius 1 is 1.32 bits per heavy atom. The molecule has 0 radical (unpaired) electrons. The van der Waals surface area contributed by atoms with Crippen molar-refractivity contribution >= 4 is 23.2 Å². The van der Waals surface area contributed by atoms with Gasteiger partial charge in [-0.1, -0.05) is 18.2 Å². The molecule has 22 heavy (non-hydrogen) atoms. The lowest BCUT2D eigenvalue weighted by atomic mass is 10.1. The molecule has 1 amide bonds. The Bertz CT molecular complexity index is 639. The van der Waals surface area contributed by atoms with Crippen LogP contribution in [0.3, 0.4) is 0 Å². The molecule has 1 aromatic carbocycles. The van der Waals surface area contributed by atoms with Crippen LogP contribution in [0, 0.1) is 6.92 Å². The molecule has 2 aromatic rings. The van der Waals surface area contributed by atoms with Gasteiger partial charge in [0.05, 0.1) is 12.5 Å². The third-order valence-electron chi connectivity index (χ3n) is 2.96. The zero-order valence-corrected chi connectivity index (χ0v) is 12.9. The minimum atomic E-state index is -0.960. The van der Waals surface area contributed by atoms with Crippen molar-refractivity contribution in [3.8, 4) is 5.75 Å². The van der Waals surface area contributed by atoms with Crippen LogP contribution in [-0.4, -0.2) is 23.6 Å². The Labute approximate surface area is 132 Å². The summed E-state index contributed by atoms with van der Waals surface area (Å²) in [5.74, 6) is -0.694. The van der Waals surface area contributed by atoms with Crippen molar-refractivity contribution in [3.05, 3.63) is 52.2 Å². The summed E-state index contributed by atoms with van der Waals surface area (Å²) in [4.78, 5) is 23.7. The number of nitrogens with one attached hydrogen (secondary N) is 1. The Morgan fingerprint density at radius 3 is 2.77 bits per heavy atom. The van der Waals surface area contributed by atoms with Gasteiger partial charge in [0, 0.05) is 4.88 Å². The van der Waals surface area contributed by atoms with Crippen molar-refractivity contribution in [2.75, 3.05) is 6.61 Å². The van der Waals surface area contributed by atoms with Gasteiger partial charge in [0.2, 0.25) is 0 Å². The first kappa shape index (κ1) is 16.0. The smallest absolute Gasteiger partial charge is 0.305 e. The van der Waals surface area contributed by atoms with E-state index in [1.54, 1.807) is 12.1 Å². The Morgan fingerprint density at radius 2 is 2.14 bits per heavy atom. The SMILES string of the molecule is Cc1cccc(OCC(=O)NC(CC(=O)O)c2cccs2)c1. The molecule has 1 heterocycles. The molecule has 0 aliphatic heterocycles. The number of aryl methyl sites for hydroxylation is 1. The van der Waals surface area contributed by atoms with Crippen LogP contribution in [0.5, 0.6) is 5.75 Å². The fraction of sp³-hybridized carbons (Fsp3) is 0.250. The lowest BCUT2D eigenvalue weighted by molar-refractivity contribution is -0.137. The minimum Gasteiger partial charge on any atom is -0.484 e. The predicted molar refractivity (Wildman–Crippen MR) is 84.1 cm³/mol. The van der Waals surface area contributed by atoms with Crippen LogP contribution < -0.4 is 10.1 Å². The number of carbonyl (C=O) groups is 2. The van der Waals surface area contributed by atoms with E-state index >= 15 is 0 Å². The maximum atomic E-state index is 12.0. The number of ether oxygens (including phenoxy) is 1. The molecule has 6 heteroatoms. The first-order valence-corrected chi connectivity index (χ1v) is 7.66. The number of carboxylic acid groups (broad SMARTS) is 1. The number of carbonyl (C=O) groups excluding carboxylic acids is 1. The lowest BCUT2D eigenvalue weighted by Gasteiger charge is -2.16. The van der Waals surface area contributed by atoms with Crippen LogP contribution in [-0.2, 0) is 9.59 Å². The zero-order valence-electron chi connectivity index (χ0n) is 12.1. The van der Waals surface area contributed by atoms with E-state index in [-0.39, 0.29) is 18.9 Å². The molecule has 0 saturated carbocycles. The Kier molecular flexibility index (Phi) is 5.55. The number of thiophene rings is 1. The number of benzene rings is 1. The monoisotopic (exact) mass is 319 g/mol. The number of hydrogen-bond acceptors (Lipinski definition) is 4. The minimum absolute atomic E-state index is 0.148. The molecule has 116 valence electrons. The van der Waals surface area contributed by atoms with Crippen LogP contribution in [0.25, 0.3) is 0 Å². The fourth-order valence-corrected chi connectivity index (χ4v) is 2.75. The summed E-state index contributed by atoms with van der Waals surface area (Å²) in [7, 11) is 0. The molecule has 1 atom stereocenters. The van der Waals surface area contributed by atoms with Crippen molar-refractivity contribution < 1.29 is 19.4 Å². The summed E-state index contributed by atoms with van der Waals surface area (Å²) in [5, 5.41) is 13.5. The van der Waals surface area contributed by atoms with Crippen LogP contribution in [0.4, 0.5) is 0 Å². The molecule has 5 nitrogen and oxygen atoms in total. The average molecular weight is 319 g/mol. The highest BCUT2D eigenvalue weighted by Crippen LogP contribution is 2.22. The summed E-state index contributed by atoms with van der Waals surface area (Å²) in [6.07, 6.45) is -0.156. The lowest BCUT2D eigenvalue weighted by Crippen LogP contribution is -2.33. The number of hydrogen-bond donors (Lipinski definition) is 2. The van der Waals surface area contributed by atoms with Gasteiger partial charge in [-0.15, -0.1) is 11.3 Å². The van der Waals surface area contributed by atoms with E-state index < -0.39 is 12.0 Å². The molecule has 0 saturated heterocycles. The van der Waals surface area contributed by atoms with E-state index in [2.05, 4.69) is 5.32 Å². The number of aliphatic carboxylic acids is 1. The van der Waals surface area contributed by atoms with E-state index in [0.717, 1.165) is 10.4 Å². The highest BCUT2D eigenvalue weighted by Gasteiger charge is 2.19. The molecule has 1 aromatic heterocycles. The van der Waals surface area contributed by atoms with Gasteiger partial charge in [-0.25, -0.2) is 0 Å². The summed E-state index contributed by atoms with van der Waals surface area (Å²) < 4.78 is 5.42. The van der Waals surface area contributed by atoms with Crippen molar-refractivity contribution in [1.29, 1.82) is 0 Å².